The summed E-state index contributed by atoms with van der Waals surface area (Å²) in [5, 5.41) is 15.1. The van der Waals surface area contributed by atoms with Crippen molar-refractivity contribution in [2.75, 3.05) is 53.1 Å². The summed E-state index contributed by atoms with van der Waals surface area (Å²) in [7, 11) is 1.64. The van der Waals surface area contributed by atoms with Gasteiger partial charge in [0.1, 0.15) is 10.9 Å². The molecule has 6 rings (SSSR count). The van der Waals surface area contributed by atoms with E-state index >= 15 is 0 Å². The zero-order chi connectivity index (χ0) is 28.9. The summed E-state index contributed by atoms with van der Waals surface area (Å²) in [4.78, 5) is 21.1. The lowest BCUT2D eigenvalue weighted by atomic mass is 9.99. The van der Waals surface area contributed by atoms with Gasteiger partial charge in [-0.05, 0) is 59.3 Å². The lowest BCUT2D eigenvalue weighted by Crippen LogP contribution is -2.38. The first-order valence-corrected chi connectivity index (χ1v) is 15.0. The second-order valence-electron chi connectivity index (χ2n) is 9.95. The smallest absolute Gasteiger partial charge is 0.266 e. The van der Waals surface area contributed by atoms with Crippen LogP contribution in [-0.2, 0) is 16.0 Å². The van der Waals surface area contributed by atoms with Crippen molar-refractivity contribution < 1.29 is 19.0 Å². The number of tetrazole rings is 1. The van der Waals surface area contributed by atoms with Crippen LogP contribution in [0.25, 0.3) is 28.1 Å². The number of nitrogens with one attached hydrogen (secondary N) is 2. The molecule has 1 amide bonds. The summed E-state index contributed by atoms with van der Waals surface area (Å²) < 4.78 is 18.3. The van der Waals surface area contributed by atoms with Gasteiger partial charge in [-0.25, -0.2) is 0 Å². The van der Waals surface area contributed by atoms with Crippen LogP contribution >= 0.6 is 24.0 Å². The van der Waals surface area contributed by atoms with Crippen molar-refractivity contribution in [3.05, 3.63) is 58.9 Å². The highest BCUT2D eigenvalue weighted by Crippen LogP contribution is 2.42. The van der Waals surface area contributed by atoms with E-state index in [0.29, 0.717) is 52.5 Å². The Morgan fingerprint density at radius 1 is 1.17 bits per heavy atom. The number of carbonyl (C=O) groups excluding carboxylic acids is 1. The number of morpholine rings is 1. The average Bonchev–Trinajstić information content (AvgIpc) is 3.76. The highest BCUT2D eigenvalue weighted by molar-refractivity contribution is 8.26. The van der Waals surface area contributed by atoms with Gasteiger partial charge in [-0.2, -0.15) is 5.21 Å². The molecule has 4 aromatic rings. The van der Waals surface area contributed by atoms with E-state index in [-0.39, 0.29) is 5.91 Å². The van der Waals surface area contributed by atoms with Gasteiger partial charge in [0.2, 0.25) is 0 Å². The molecule has 2 N–H and O–H groups in total. The Morgan fingerprint density at radius 2 is 2.05 bits per heavy atom. The number of hydrogen-bond donors (Lipinski definition) is 2. The molecule has 2 saturated heterocycles. The first-order chi connectivity index (χ1) is 20.6. The molecule has 2 fully saturated rings. The highest BCUT2D eigenvalue weighted by atomic mass is 32.2. The van der Waals surface area contributed by atoms with Crippen molar-refractivity contribution >= 4 is 51.2 Å². The van der Waals surface area contributed by atoms with Crippen molar-refractivity contribution in [1.82, 2.24) is 35.4 Å². The Balaban J connectivity index is 1.27. The van der Waals surface area contributed by atoms with E-state index < -0.39 is 0 Å². The standard InChI is InChI=1S/C29H31N7O4S2/c1-38-24-16-19(17-25-28(37)36(29(41)42-25)8-2-3-26-31-33-34-32-26)15-22(20-4-5-23-21(18-20)6-7-30-23)27(24)40-14-11-35-9-12-39-13-10-35/h4-7,15-18,30H,2-3,8-14H2,1H3,(H,31,32,33,34). The van der Waals surface area contributed by atoms with Crippen molar-refractivity contribution in [3.8, 4) is 22.6 Å². The molecular weight excluding hydrogens is 574 g/mol. The number of carbonyl (C=O) groups is 1. The van der Waals surface area contributed by atoms with E-state index in [1.54, 1.807) is 12.0 Å². The van der Waals surface area contributed by atoms with Crippen LogP contribution in [0.3, 0.4) is 0 Å². The van der Waals surface area contributed by atoms with Gasteiger partial charge in [0.25, 0.3) is 5.91 Å². The van der Waals surface area contributed by atoms with E-state index in [9.17, 15) is 4.79 Å². The zero-order valence-electron chi connectivity index (χ0n) is 23.2. The number of aromatic amines is 2. The predicted molar refractivity (Wildman–Crippen MR) is 165 cm³/mol. The Labute approximate surface area is 252 Å². The van der Waals surface area contributed by atoms with Gasteiger partial charge in [-0.3, -0.25) is 14.6 Å². The molecule has 0 radical (unpaired) electrons. The Bertz CT molecular complexity index is 1600. The van der Waals surface area contributed by atoms with Gasteiger partial charge < -0.3 is 19.2 Å². The van der Waals surface area contributed by atoms with E-state index in [1.807, 2.05) is 30.5 Å². The van der Waals surface area contributed by atoms with Crippen LogP contribution in [0, 0.1) is 0 Å². The van der Waals surface area contributed by atoms with Crippen LogP contribution in [0.1, 0.15) is 17.8 Å². The fourth-order valence-corrected chi connectivity index (χ4v) is 6.38. The third-order valence-corrected chi connectivity index (χ3v) is 8.64. The van der Waals surface area contributed by atoms with Crippen molar-refractivity contribution in [2.24, 2.45) is 0 Å². The monoisotopic (exact) mass is 605 g/mol. The average molecular weight is 606 g/mol. The van der Waals surface area contributed by atoms with E-state index in [0.717, 1.165) is 60.4 Å². The second-order valence-corrected chi connectivity index (χ2v) is 11.6. The number of rotatable bonds is 11. The molecule has 218 valence electrons. The first kappa shape index (κ1) is 28.3. The zero-order valence-corrected chi connectivity index (χ0v) is 24.8. The van der Waals surface area contributed by atoms with Crippen LogP contribution in [0.2, 0.25) is 0 Å². The second kappa shape index (κ2) is 13.0. The number of thioether (sulfide) groups is 1. The molecule has 0 bridgehead atoms. The number of aromatic nitrogens is 5. The van der Waals surface area contributed by atoms with Gasteiger partial charge in [0.15, 0.2) is 17.3 Å². The van der Waals surface area contributed by atoms with Crippen molar-refractivity contribution in [2.45, 2.75) is 12.8 Å². The molecule has 2 aromatic carbocycles. The Hall–Kier alpha value is -3.78. The number of methoxy groups -OCH3 is 1. The van der Waals surface area contributed by atoms with Crippen molar-refractivity contribution in [1.29, 1.82) is 0 Å². The number of fused-ring (bicyclic) bond motifs is 1. The molecule has 4 heterocycles. The van der Waals surface area contributed by atoms with Gasteiger partial charge in [0, 0.05) is 49.9 Å². The molecule has 42 heavy (non-hydrogen) atoms. The lowest BCUT2D eigenvalue weighted by molar-refractivity contribution is -0.122. The molecule has 0 atom stereocenters. The molecule has 11 nitrogen and oxygen atoms in total. The van der Waals surface area contributed by atoms with Gasteiger partial charge in [-0.1, -0.05) is 35.3 Å². The van der Waals surface area contributed by atoms with Crippen LogP contribution in [0.4, 0.5) is 0 Å². The fourth-order valence-electron chi connectivity index (χ4n) is 5.07. The number of amides is 1. The lowest BCUT2D eigenvalue weighted by Gasteiger charge is -2.26. The number of ether oxygens (including phenoxy) is 3. The quantitative estimate of drug-likeness (QED) is 0.192. The number of benzene rings is 2. The minimum atomic E-state index is -0.113. The third kappa shape index (κ3) is 6.33. The molecule has 0 aliphatic carbocycles. The normalized spacial score (nSPS) is 17.1. The number of thiocarbonyl (C=S) groups is 1. The van der Waals surface area contributed by atoms with Crippen LogP contribution < -0.4 is 9.47 Å². The Morgan fingerprint density at radius 3 is 2.86 bits per heavy atom. The van der Waals surface area contributed by atoms with E-state index in [1.165, 1.54) is 11.8 Å². The summed E-state index contributed by atoms with van der Waals surface area (Å²) in [6, 6.07) is 12.2. The maximum absolute atomic E-state index is 13.3. The van der Waals surface area contributed by atoms with Gasteiger partial charge in [0.05, 0.1) is 25.2 Å². The minimum absolute atomic E-state index is 0.113. The van der Waals surface area contributed by atoms with E-state index in [2.05, 4.69) is 48.7 Å². The highest BCUT2D eigenvalue weighted by Gasteiger charge is 2.32. The van der Waals surface area contributed by atoms with Crippen LogP contribution in [0.15, 0.2) is 47.5 Å². The first-order valence-electron chi connectivity index (χ1n) is 13.8. The topological polar surface area (TPSA) is 121 Å². The largest absolute Gasteiger partial charge is 0.493 e. The minimum Gasteiger partial charge on any atom is -0.493 e. The number of H-pyrrole nitrogens is 2. The third-order valence-electron chi connectivity index (χ3n) is 7.26. The molecule has 2 aliphatic heterocycles. The SMILES string of the molecule is COc1cc(C=C2SC(=S)N(CCCc3nn[nH]n3)C2=O)cc(-c2ccc3[nH]ccc3c2)c1OCCN1CCOCC1. The molecule has 0 spiro atoms. The molecule has 2 aromatic heterocycles. The summed E-state index contributed by atoms with van der Waals surface area (Å²) in [6.45, 7) is 5.06. The fraction of sp³-hybridized carbons (Fsp3) is 0.345. The summed E-state index contributed by atoms with van der Waals surface area (Å²) in [6.07, 6.45) is 5.08. The predicted octanol–water partition coefficient (Wildman–Crippen LogP) is 3.90. The molecule has 13 heteroatoms. The molecule has 0 saturated carbocycles. The number of nitrogens with zero attached hydrogens (tertiary/aromatic N) is 5. The summed E-state index contributed by atoms with van der Waals surface area (Å²) in [5.41, 5.74) is 3.76. The van der Waals surface area contributed by atoms with Crippen LogP contribution in [-0.4, -0.2) is 98.7 Å². The number of aryl methyl sites for hydroxylation is 1. The molecular formula is C29H31N7O4S2. The number of hydrogen-bond acceptors (Lipinski definition) is 10. The Kier molecular flexibility index (Phi) is 8.79. The molecule has 2 aliphatic rings. The molecule has 0 unspecified atom stereocenters. The maximum Gasteiger partial charge on any atom is 0.266 e. The summed E-state index contributed by atoms with van der Waals surface area (Å²) >= 11 is 6.86. The van der Waals surface area contributed by atoms with Gasteiger partial charge >= 0.3 is 0 Å². The van der Waals surface area contributed by atoms with Gasteiger partial charge in [-0.15, -0.1) is 10.2 Å². The van der Waals surface area contributed by atoms with E-state index in [4.69, 9.17) is 26.4 Å². The van der Waals surface area contributed by atoms with Crippen molar-refractivity contribution in [3.63, 3.8) is 0 Å². The maximum atomic E-state index is 13.3. The summed E-state index contributed by atoms with van der Waals surface area (Å²) in [5.74, 6) is 1.77. The van der Waals surface area contributed by atoms with Crippen LogP contribution in [0.5, 0.6) is 11.5 Å².